The molecule has 1 aliphatic carbocycles. The van der Waals surface area contributed by atoms with E-state index >= 15 is 0 Å². The van der Waals surface area contributed by atoms with Crippen LogP contribution in [-0.4, -0.2) is 27.1 Å². The second-order valence-electron chi connectivity index (χ2n) is 8.01. The Morgan fingerprint density at radius 3 is 2.71 bits per heavy atom. The van der Waals surface area contributed by atoms with Gasteiger partial charge in [-0.15, -0.1) is 0 Å². The fraction of sp³-hybridized carbons (Fsp3) is 0.292. The Morgan fingerprint density at radius 2 is 1.90 bits per heavy atom. The van der Waals surface area contributed by atoms with Crippen molar-refractivity contribution in [3.63, 3.8) is 0 Å². The van der Waals surface area contributed by atoms with Crippen molar-refractivity contribution in [2.75, 3.05) is 6.54 Å². The minimum absolute atomic E-state index is 0.0186. The minimum atomic E-state index is -0.429. The van der Waals surface area contributed by atoms with Gasteiger partial charge in [-0.05, 0) is 61.6 Å². The van der Waals surface area contributed by atoms with Gasteiger partial charge < -0.3 is 9.64 Å². The van der Waals surface area contributed by atoms with Crippen LogP contribution in [-0.2, 0) is 19.4 Å². The van der Waals surface area contributed by atoms with Gasteiger partial charge in [0.05, 0.1) is 18.3 Å². The number of benzene rings is 2. The number of hydrogen-bond donors (Lipinski definition) is 0. The number of ether oxygens (including phenoxy) is 1. The van der Waals surface area contributed by atoms with Crippen LogP contribution in [0.5, 0.6) is 5.75 Å². The Labute approximate surface area is 188 Å². The van der Waals surface area contributed by atoms with Crippen LogP contribution in [0.4, 0.5) is 4.79 Å². The number of nitrogens with zero attached hydrogens (tertiary/aromatic N) is 3. The van der Waals surface area contributed by atoms with Crippen molar-refractivity contribution in [1.82, 2.24) is 14.5 Å². The number of hydrogen-bond acceptors (Lipinski definition) is 4. The molecule has 158 valence electrons. The lowest BCUT2D eigenvalue weighted by Gasteiger charge is -2.29. The van der Waals surface area contributed by atoms with Crippen LogP contribution in [0, 0.1) is 6.92 Å². The topological polar surface area (TPSA) is 64.4 Å². The zero-order valence-electron chi connectivity index (χ0n) is 17.2. The molecule has 0 radical (unpaired) electrons. The van der Waals surface area contributed by atoms with Crippen LogP contribution in [0.25, 0.3) is 0 Å². The van der Waals surface area contributed by atoms with Gasteiger partial charge in [0.1, 0.15) is 11.6 Å². The van der Waals surface area contributed by atoms with Crippen molar-refractivity contribution in [2.45, 2.75) is 38.8 Å². The number of carbonyl (C=O) groups is 1. The van der Waals surface area contributed by atoms with E-state index in [0.717, 1.165) is 17.3 Å². The molecule has 2 aromatic carbocycles. The molecule has 1 unspecified atom stereocenters. The van der Waals surface area contributed by atoms with Gasteiger partial charge >= 0.3 is 6.09 Å². The summed E-state index contributed by atoms with van der Waals surface area (Å²) in [6, 6.07) is 15.5. The molecule has 5 rings (SSSR count). The first-order chi connectivity index (χ1) is 15.0. The van der Waals surface area contributed by atoms with Crippen molar-refractivity contribution in [3.05, 3.63) is 91.6 Å². The minimum Gasteiger partial charge on any atom is -0.410 e. The maximum atomic E-state index is 13.4. The normalized spacial score (nSPS) is 17.2. The molecule has 0 saturated heterocycles. The SMILES string of the molecule is Cc1nc2c(c(=O)n1C1CCc3ccccc31)CCN(C(=O)Oc1ccc(Br)cc1)C2. The average Bonchev–Trinajstić information content (AvgIpc) is 3.19. The first-order valence-corrected chi connectivity index (χ1v) is 11.2. The summed E-state index contributed by atoms with van der Waals surface area (Å²) in [5, 5.41) is 0. The van der Waals surface area contributed by atoms with Crippen LogP contribution in [0.15, 0.2) is 57.8 Å². The summed E-state index contributed by atoms with van der Waals surface area (Å²) in [5.41, 5.74) is 3.92. The second kappa shape index (κ2) is 7.96. The Bertz CT molecular complexity index is 1220. The summed E-state index contributed by atoms with van der Waals surface area (Å²) < 4.78 is 8.25. The third-order valence-corrected chi connectivity index (χ3v) is 6.66. The van der Waals surface area contributed by atoms with E-state index in [2.05, 4.69) is 28.1 Å². The number of aryl methyl sites for hydroxylation is 2. The highest BCUT2D eigenvalue weighted by Gasteiger charge is 2.30. The lowest BCUT2D eigenvalue weighted by molar-refractivity contribution is 0.145. The average molecular weight is 480 g/mol. The highest BCUT2D eigenvalue weighted by atomic mass is 79.9. The highest BCUT2D eigenvalue weighted by molar-refractivity contribution is 9.10. The molecule has 31 heavy (non-hydrogen) atoms. The van der Waals surface area contributed by atoms with E-state index in [0.29, 0.717) is 35.8 Å². The number of amides is 1. The first-order valence-electron chi connectivity index (χ1n) is 10.4. The molecule has 2 heterocycles. The zero-order chi connectivity index (χ0) is 21.5. The maximum absolute atomic E-state index is 13.4. The molecule has 0 saturated carbocycles. The first kappa shape index (κ1) is 20.0. The van der Waals surface area contributed by atoms with E-state index in [1.165, 1.54) is 11.1 Å². The predicted octanol–water partition coefficient (Wildman–Crippen LogP) is 4.41. The van der Waals surface area contributed by atoms with Gasteiger partial charge in [-0.3, -0.25) is 9.36 Å². The Hall–Kier alpha value is -2.93. The molecule has 7 heteroatoms. The molecule has 0 fully saturated rings. The van der Waals surface area contributed by atoms with E-state index in [-0.39, 0.29) is 18.1 Å². The fourth-order valence-corrected chi connectivity index (χ4v) is 4.88. The van der Waals surface area contributed by atoms with Crippen LogP contribution in [0.2, 0.25) is 0 Å². The van der Waals surface area contributed by atoms with Gasteiger partial charge in [0.25, 0.3) is 5.56 Å². The molecule has 0 bridgehead atoms. The van der Waals surface area contributed by atoms with Crippen molar-refractivity contribution < 1.29 is 9.53 Å². The number of rotatable bonds is 2. The largest absolute Gasteiger partial charge is 0.415 e. The lowest BCUT2D eigenvalue weighted by Crippen LogP contribution is -2.42. The summed E-state index contributed by atoms with van der Waals surface area (Å²) >= 11 is 3.37. The fourth-order valence-electron chi connectivity index (χ4n) is 4.61. The van der Waals surface area contributed by atoms with E-state index in [1.807, 2.05) is 35.8 Å². The van der Waals surface area contributed by atoms with E-state index in [1.54, 1.807) is 17.0 Å². The van der Waals surface area contributed by atoms with Gasteiger partial charge in [-0.1, -0.05) is 40.2 Å². The predicted molar refractivity (Wildman–Crippen MR) is 120 cm³/mol. The molecule has 6 nitrogen and oxygen atoms in total. The summed E-state index contributed by atoms with van der Waals surface area (Å²) in [4.78, 5) is 32.4. The van der Waals surface area contributed by atoms with Gasteiger partial charge in [0.2, 0.25) is 0 Å². The molecule has 1 amide bonds. The molecule has 3 aromatic rings. The Morgan fingerprint density at radius 1 is 1.13 bits per heavy atom. The standard InChI is InChI=1S/C24H22BrN3O3/c1-15-26-21-14-27(24(30)31-18-9-7-17(25)8-10-18)13-12-20(21)23(29)28(15)22-11-6-16-4-2-3-5-19(16)22/h2-5,7-10,22H,6,11-14H2,1H3. The number of fused-ring (bicyclic) bond motifs is 2. The van der Waals surface area contributed by atoms with Gasteiger partial charge in [0, 0.05) is 16.6 Å². The molecule has 0 spiro atoms. The van der Waals surface area contributed by atoms with Crippen LogP contribution in [0.1, 0.15) is 40.7 Å². The van der Waals surface area contributed by atoms with Crippen molar-refractivity contribution >= 4 is 22.0 Å². The van der Waals surface area contributed by atoms with Crippen molar-refractivity contribution in [2.24, 2.45) is 0 Å². The third kappa shape index (κ3) is 3.67. The van der Waals surface area contributed by atoms with E-state index < -0.39 is 6.09 Å². The summed E-state index contributed by atoms with van der Waals surface area (Å²) in [6.07, 6.45) is 1.93. The second-order valence-corrected chi connectivity index (χ2v) is 8.92. The molecular weight excluding hydrogens is 458 g/mol. The molecule has 1 atom stereocenters. The van der Waals surface area contributed by atoms with Crippen LogP contribution >= 0.6 is 15.9 Å². The summed E-state index contributed by atoms with van der Waals surface area (Å²) in [5.74, 6) is 1.17. The molecular formula is C24H22BrN3O3. The molecule has 0 N–H and O–H groups in total. The molecule has 1 aromatic heterocycles. The monoisotopic (exact) mass is 479 g/mol. The maximum Gasteiger partial charge on any atom is 0.415 e. The number of halogens is 1. The Balaban J connectivity index is 1.40. The summed E-state index contributed by atoms with van der Waals surface area (Å²) in [6.45, 7) is 2.59. The molecule has 2 aliphatic rings. The highest BCUT2D eigenvalue weighted by Crippen LogP contribution is 2.34. The summed E-state index contributed by atoms with van der Waals surface area (Å²) in [7, 11) is 0. The van der Waals surface area contributed by atoms with Gasteiger partial charge in [0.15, 0.2) is 0 Å². The third-order valence-electron chi connectivity index (χ3n) is 6.13. The quantitative estimate of drug-likeness (QED) is 0.546. The number of carbonyl (C=O) groups excluding carboxylic acids is 1. The van der Waals surface area contributed by atoms with E-state index in [4.69, 9.17) is 9.72 Å². The number of aromatic nitrogens is 2. The zero-order valence-corrected chi connectivity index (χ0v) is 18.8. The Kier molecular flexibility index (Phi) is 5.14. The van der Waals surface area contributed by atoms with E-state index in [9.17, 15) is 9.59 Å². The van der Waals surface area contributed by atoms with Gasteiger partial charge in [-0.25, -0.2) is 9.78 Å². The molecule has 1 aliphatic heterocycles. The smallest absolute Gasteiger partial charge is 0.410 e. The van der Waals surface area contributed by atoms with Crippen LogP contribution in [0.3, 0.4) is 0 Å². The van der Waals surface area contributed by atoms with Crippen LogP contribution < -0.4 is 10.3 Å². The van der Waals surface area contributed by atoms with Crippen molar-refractivity contribution in [1.29, 1.82) is 0 Å². The van der Waals surface area contributed by atoms with Crippen molar-refractivity contribution in [3.8, 4) is 5.75 Å². The lowest BCUT2D eigenvalue weighted by atomic mass is 10.0. The van der Waals surface area contributed by atoms with Gasteiger partial charge in [-0.2, -0.15) is 0 Å².